The molecule has 2 atom stereocenters. The molecule has 0 amide bonds. The Bertz CT molecular complexity index is 599. The van der Waals surface area contributed by atoms with Gasteiger partial charge in [0.15, 0.2) is 19.9 Å². The predicted octanol–water partition coefficient (Wildman–Crippen LogP) is 4.95. The van der Waals surface area contributed by atoms with E-state index in [4.69, 9.17) is 9.16 Å². The van der Waals surface area contributed by atoms with E-state index < -0.39 is 30.2 Å². The number of benzene rings is 1. The molecular weight excluding hydrogens is 369 g/mol. The van der Waals surface area contributed by atoms with Crippen LogP contribution in [-0.2, 0) is 15.8 Å². The molecule has 0 aliphatic carbocycles. The van der Waals surface area contributed by atoms with Crippen molar-refractivity contribution in [2.45, 2.75) is 70.5 Å². The maximum absolute atomic E-state index is 14.2. The third kappa shape index (κ3) is 6.23. The third-order valence-electron chi connectivity index (χ3n) is 4.80. The van der Waals surface area contributed by atoms with Crippen molar-refractivity contribution in [1.82, 2.24) is 4.72 Å². The second-order valence-corrected chi connectivity index (χ2v) is 15.8. The van der Waals surface area contributed by atoms with Crippen molar-refractivity contribution < 1.29 is 18.1 Å². The zero-order valence-corrected chi connectivity index (χ0v) is 19.3. The molecule has 7 heteroatoms. The van der Waals surface area contributed by atoms with Crippen LogP contribution in [0.5, 0.6) is 5.75 Å². The number of rotatable bonds is 7. The Morgan fingerprint density at radius 3 is 2.19 bits per heavy atom. The zero-order chi connectivity index (χ0) is 20.3. The summed E-state index contributed by atoms with van der Waals surface area (Å²) in [6.45, 7) is 16.9. The molecule has 150 valence electrons. The van der Waals surface area contributed by atoms with E-state index in [0.29, 0.717) is 12.2 Å². The van der Waals surface area contributed by atoms with Gasteiger partial charge in [-0.3, -0.25) is 0 Å². The summed E-state index contributed by atoms with van der Waals surface area (Å²) in [7, 11) is -0.553. The number of halogens is 1. The summed E-state index contributed by atoms with van der Waals surface area (Å²) in [6.07, 6.45) is 0. The molecule has 1 rings (SSSR count). The predicted molar refractivity (Wildman–Crippen MR) is 110 cm³/mol. The van der Waals surface area contributed by atoms with Gasteiger partial charge in [0.05, 0.1) is 19.8 Å². The van der Waals surface area contributed by atoms with Gasteiger partial charge in [-0.05, 0) is 56.6 Å². The lowest BCUT2D eigenvalue weighted by atomic mass is 10.1. The van der Waals surface area contributed by atoms with Crippen molar-refractivity contribution in [2.75, 3.05) is 13.7 Å². The first-order valence-electron chi connectivity index (χ1n) is 8.84. The van der Waals surface area contributed by atoms with Gasteiger partial charge in [0.1, 0.15) is 4.75 Å². The van der Waals surface area contributed by atoms with Crippen LogP contribution in [0.15, 0.2) is 18.2 Å². The molecule has 1 aromatic rings. The van der Waals surface area contributed by atoms with E-state index in [-0.39, 0.29) is 16.8 Å². The number of hydrogen-bond acceptors (Lipinski definition) is 4. The van der Waals surface area contributed by atoms with Gasteiger partial charge in [-0.25, -0.2) is 4.39 Å². The molecule has 1 N–H and O–H groups in total. The third-order valence-corrected chi connectivity index (χ3v) is 10.9. The minimum Gasteiger partial charge on any atom is -0.598 e. The summed E-state index contributed by atoms with van der Waals surface area (Å²) in [5.74, 6) is -0.250. The van der Waals surface area contributed by atoms with Crippen molar-refractivity contribution in [1.29, 1.82) is 0 Å². The normalized spacial score (nSPS) is 15.7. The Labute approximate surface area is 162 Å². The summed E-state index contributed by atoms with van der Waals surface area (Å²) in [4.78, 5) is 0. The molecule has 0 fully saturated rings. The fourth-order valence-corrected chi connectivity index (χ4v) is 3.74. The van der Waals surface area contributed by atoms with Crippen LogP contribution < -0.4 is 9.46 Å². The number of nitrogens with one attached hydrogen (secondary N) is 1. The summed E-state index contributed by atoms with van der Waals surface area (Å²) in [6, 6.07) is 4.43. The van der Waals surface area contributed by atoms with Crippen molar-refractivity contribution >= 4 is 19.7 Å². The van der Waals surface area contributed by atoms with Crippen LogP contribution in [0.1, 0.15) is 53.1 Å². The van der Waals surface area contributed by atoms with Gasteiger partial charge in [-0.2, -0.15) is 0 Å². The van der Waals surface area contributed by atoms with E-state index in [1.54, 1.807) is 12.1 Å². The second kappa shape index (κ2) is 8.60. The topological polar surface area (TPSA) is 53.5 Å². The first-order chi connectivity index (χ1) is 11.7. The van der Waals surface area contributed by atoms with E-state index in [1.807, 2.05) is 20.8 Å². The number of hydrogen-bond donors (Lipinski definition) is 1. The van der Waals surface area contributed by atoms with Crippen molar-refractivity contribution in [3.05, 3.63) is 29.6 Å². The fourth-order valence-electron chi connectivity index (χ4n) is 1.91. The van der Waals surface area contributed by atoms with Crippen LogP contribution in [0, 0.1) is 5.82 Å². The highest BCUT2D eigenvalue weighted by molar-refractivity contribution is 7.90. The van der Waals surface area contributed by atoms with Gasteiger partial charge in [0, 0.05) is 11.4 Å². The van der Waals surface area contributed by atoms with E-state index >= 15 is 0 Å². The van der Waals surface area contributed by atoms with Gasteiger partial charge in [0.2, 0.25) is 0 Å². The van der Waals surface area contributed by atoms with Crippen molar-refractivity contribution in [2.24, 2.45) is 0 Å². The first kappa shape index (κ1) is 23.4. The van der Waals surface area contributed by atoms with Gasteiger partial charge < -0.3 is 13.7 Å². The highest BCUT2D eigenvalue weighted by Crippen LogP contribution is 2.37. The van der Waals surface area contributed by atoms with Gasteiger partial charge in [0.25, 0.3) is 0 Å². The SMILES string of the molecule is COc1ccc([C@@H](CO[Si](C)(C)C(C)(C)C)N[S@+]([O-])C(C)(C)C)cc1F. The molecule has 0 saturated heterocycles. The lowest BCUT2D eigenvalue weighted by Gasteiger charge is -2.37. The van der Waals surface area contributed by atoms with Crippen LogP contribution in [0.4, 0.5) is 4.39 Å². The summed E-state index contributed by atoms with van der Waals surface area (Å²) >= 11 is -1.30. The van der Waals surface area contributed by atoms with Crippen LogP contribution in [-0.4, -0.2) is 31.3 Å². The Morgan fingerprint density at radius 1 is 1.19 bits per heavy atom. The molecule has 0 unspecified atom stereocenters. The van der Waals surface area contributed by atoms with Crippen LogP contribution in [0.3, 0.4) is 0 Å². The van der Waals surface area contributed by atoms with Gasteiger partial charge >= 0.3 is 0 Å². The molecule has 0 heterocycles. The maximum Gasteiger partial charge on any atom is 0.192 e. The monoisotopic (exact) mass is 403 g/mol. The van der Waals surface area contributed by atoms with Gasteiger partial charge in [-0.15, -0.1) is 4.72 Å². The second-order valence-electron chi connectivity index (χ2n) is 9.02. The summed E-state index contributed by atoms with van der Waals surface area (Å²) in [5.41, 5.74) is 0.694. The highest BCUT2D eigenvalue weighted by atomic mass is 32.2. The molecule has 1 aromatic carbocycles. The van der Waals surface area contributed by atoms with Crippen molar-refractivity contribution in [3.63, 3.8) is 0 Å². The largest absolute Gasteiger partial charge is 0.598 e. The standard InChI is InChI=1S/C19H34FNO3SSi/c1-18(2,3)25(22)21-16(13-24-26(8,9)19(4,5)6)14-10-11-17(23-7)15(20)12-14/h10-12,16,21H,13H2,1-9H3/t16-,25-/m1/s1. The lowest BCUT2D eigenvalue weighted by molar-refractivity contribution is 0.255. The quantitative estimate of drug-likeness (QED) is 0.517. The average molecular weight is 404 g/mol. The molecule has 0 bridgehead atoms. The molecule has 0 radical (unpaired) electrons. The maximum atomic E-state index is 14.2. The van der Waals surface area contributed by atoms with Crippen LogP contribution >= 0.6 is 0 Å². The van der Waals surface area contributed by atoms with E-state index in [0.717, 1.165) is 0 Å². The molecule has 0 saturated carbocycles. The Morgan fingerprint density at radius 2 is 1.77 bits per heavy atom. The molecule has 0 aromatic heterocycles. The summed E-state index contributed by atoms with van der Waals surface area (Å²) in [5, 5.41) is 0.0614. The number of methoxy groups -OCH3 is 1. The van der Waals surface area contributed by atoms with E-state index in [2.05, 4.69) is 38.6 Å². The Hall–Kier alpha value is -0.603. The van der Waals surface area contributed by atoms with Gasteiger partial charge in [-0.1, -0.05) is 26.8 Å². The molecule has 0 aliphatic rings. The Kier molecular flexibility index (Phi) is 7.76. The minimum atomic E-state index is -1.99. The molecule has 26 heavy (non-hydrogen) atoms. The highest BCUT2D eigenvalue weighted by Gasteiger charge is 2.38. The van der Waals surface area contributed by atoms with E-state index in [1.165, 1.54) is 13.2 Å². The average Bonchev–Trinajstić information content (AvgIpc) is 2.48. The lowest BCUT2D eigenvalue weighted by Crippen LogP contribution is -2.46. The molecular formula is C19H34FNO3SSi. The molecule has 0 aliphatic heterocycles. The fraction of sp³-hybridized carbons (Fsp3) is 0.684. The smallest absolute Gasteiger partial charge is 0.192 e. The zero-order valence-electron chi connectivity index (χ0n) is 17.5. The number of ether oxygens (including phenoxy) is 1. The molecule has 0 spiro atoms. The van der Waals surface area contributed by atoms with Crippen LogP contribution in [0.2, 0.25) is 18.1 Å². The Balaban J connectivity index is 3.08. The first-order valence-corrected chi connectivity index (χ1v) is 12.9. The van der Waals surface area contributed by atoms with Crippen molar-refractivity contribution in [3.8, 4) is 5.75 Å². The van der Waals surface area contributed by atoms with E-state index in [9.17, 15) is 8.94 Å². The summed E-state index contributed by atoms with van der Waals surface area (Å²) < 4.78 is 40.8. The minimum absolute atomic E-state index is 0.0614. The van der Waals surface area contributed by atoms with Crippen LogP contribution in [0.25, 0.3) is 0 Å². The molecule has 4 nitrogen and oxygen atoms in total.